The summed E-state index contributed by atoms with van der Waals surface area (Å²) < 4.78 is 1.98. The van der Waals surface area contributed by atoms with Crippen LogP contribution in [0.15, 0.2) is 12.4 Å². The Bertz CT molecular complexity index is 536. The summed E-state index contributed by atoms with van der Waals surface area (Å²) in [5.41, 5.74) is 0.669. The second-order valence-electron chi connectivity index (χ2n) is 4.94. The molecule has 1 fully saturated rings. The minimum Gasteiger partial charge on any atom is -0.282 e. The van der Waals surface area contributed by atoms with E-state index in [1.807, 2.05) is 10.6 Å². The predicted molar refractivity (Wildman–Crippen MR) is 66.2 cm³/mol. The van der Waals surface area contributed by atoms with E-state index in [0.29, 0.717) is 16.7 Å². The van der Waals surface area contributed by atoms with Crippen LogP contribution in [-0.4, -0.2) is 19.6 Å². The summed E-state index contributed by atoms with van der Waals surface area (Å²) >= 11 is 6.00. The van der Waals surface area contributed by atoms with Gasteiger partial charge >= 0.3 is 0 Å². The second kappa shape index (κ2) is 4.26. The second-order valence-corrected chi connectivity index (χ2v) is 5.30. The third-order valence-electron chi connectivity index (χ3n) is 3.61. The molecule has 2 heterocycles. The van der Waals surface area contributed by atoms with Crippen LogP contribution >= 0.6 is 11.6 Å². The minimum absolute atomic E-state index is 0.426. The van der Waals surface area contributed by atoms with Gasteiger partial charge in [-0.3, -0.25) is 4.40 Å². The molecule has 3 rings (SSSR count). The number of hydrogen-bond acceptors (Lipinski definition) is 3. The number of rotatable bonds is 1. The topological polar surface area (TPSA) is 43.1 Å². The van der Waals surface area contributed by atoms with E-state index in [0.717, 1.165) is 11.7 Å². The molecule has 1 saturated carbocycles. The maximum Gasteiger partial charge on any atom is 0.198 e. The largest absolute Gasteiger partial charge is 0.282 e. The van der Waals surface area contributed by atoms with Crippen molar-refractivity contribution in [3.63, 3.8) is 0 Å². The Morgan fingerprint density at radius 3 is 3.06 bits per heavy atom. The van der Waals surface area contributed by atoms with Crippen molar-refractivity contribution >= 4 is 17.2 Å². The standard InChI is InChI=1S/C12H15ClN4/c1-8-3-2-4-9(7-8)11-15-16-12-10(13)14-5-6-17(11)12/h5-6,8-9H,2-4,7H2,1H3. The first-order chi connectivity index (χ1) is 8.25. The van der Waals surface area contributed by atoms with Gasteiger partial charge in [0.05, 0.1) is 0 Å². The SMILES string of the molecule is CC1CCCC(c2nnc3c(Cl)nccn23)C1. The Morgan fingerprint density at radius 1 is 1.35 bits per heavy atom. The van der Waals surface area contributed by atoms with E-state index in [1.165, 1.54) is 25.7 Å². The fraction of sp³-hybridized carbons (Fsp3) is 0.583. The van der Waals surface area contributed by atoms with Gasteiger partial charge in [0.1, 0.15) is 5.82 Å². The smallest absolute Gasteiger partial charge is 0.198 e. The minimum atomic E-state index is 0.426. The highest BCUT2D eigenvalue weighted by Crippen LogP contribution is 2.35. The summed E-state index contributed by atoms with van der Waals surface area (Å²) in [6.07, 6.45) is 8.60. The van der Waals surface area contributed by atoms with Gasteiger partial charge < -0.3 is 0 Å². The van der Waals surface area contributed by atoms with E-state index in [9.17, 15) is 0 Å². The zero-order chi connectivity index (χ0) is 11.8. The third-order valence-corrected chi connectivity index (χ3v) is 3.88. The molecular formula is C12H15ClN4. The van der Waals surface area contributed by atoms with Crippen molar-refractivity contribution in [2.75, 3.05) is 0 Å². The highest BCUT2D eigenvalue weighted by atomic mass is 35.5. The van der Waals surface area contributed by atoms with Gasteiger partial charge in [0.25, 0.3) is 0 Å². The normalized spacial score (nSPS) is 25.3. The molecule has 0 saturated heterocycles. The van der Waals surface area contributed by atoms with Gasteiger partial charge in [-0.15, -0.1) is 10.2 Å². The van der Waals surface area contributed by atoms with Crippen molar-refractivity contribution in [3.05, 3.63) is 23.4 Å². The van der Waals surface area contributed by atoms with Gasteiger partial charge in [0, 0.05) is 18.3 Å². The van der Waals surface area contributed by atoms with E-state index >= 15 is 0 Å². The first-order valence-corrected chi connectivity index (χ1v) is 6.48. The number of hydrogen-bond donors (Lipinski definition) is 0. The first kappa shape index (κ1) is 11.0. The van der Waals surface area contributed by atoms with Crippen LogP contribution in [0.4, 0.5) is 0 Å². The van der Waals surface area contributed by atoms with Crippen molar-refractivity contribution in [3.8, 4) is 0 Å². The van der Waals surface area contributed by atoms with Crippen molar-refractivity contribution in [2.45, 2.75) is 38.5 Å². The lowest BCUT2D eigenvalue weighted by atomic mass is 9.82. The molecule has 2 unspecified atom stereocenters. The maximum absolute atomic E-state index is 6.00. The van der Waals surface area contributed by atoms with Crippen molar-refractivity contribution in [1.29, 1.82) is 0 Å². The summed E-state index contributed by atoms with van der Waals surface area (Å²) in [6, 6.07) is 0. The molecule has 5 heteroatoms. The lowest BCUT2D eigenvalue weighted by Gasteiger charge is -2.25. The molecule has 2 atom stereocenters. The van der Waals surface area contributed by atoms with Crippen LogP contribution in [0.3, 0.4) is 0 Å². The van der Waals surface area contributed by atoms with Crippen LogP contribution in [-0.2, 0) is 0 Å². The molecule has 2 aromatic heterocycles. The molecule has 90 valence electrons. The van der Waals surface area contributed by atoms with E-state index in [4.69, 9.17) is 11.6 Å². The Kier molecular flexibility index (Phi) is 2.74. The molecule has 4 nitrogen and oxygen atoms in total. The van der Waals surface area contributed by atoms with Crippen LogP contribution in [0.25, 0.3) is 5.65 Å². The van der Waals surface area contributed by atoms with Crippen LogP contribution in [0, 0.1) is 5.92 Å². The van der Waals surface area contributed by atoms with Gasteiger partial charge in [-0.1, -0.05) is 31.4 Å². The van der Waals surface area contributed by atoms with E-state index < -0.39 is 0 Å². The highest BCUT2D eigenvalue weighted by Gasteiger charge is 2.24. The number of halogens is 1. The van der Waals surface area contributed by atoms with Gasteiger partial charge in [-0.05, 0) is 18.8 Å². The maximum atomic E-state index is 6.00. The first-order valence-electron chi connectivity index (χ1n) is 6.11. The fourth-order valence-electron chi connectivity index (χ4n) is 2.76. The molecule has 0 spiro atoms. The summed E-state index contributed by atoms with van der Waals surface area (Å²) in [5, 5.41) is 8.87. The van der Waals surface area contributed by atoms with Crippen molar-refractivity contribution < 1.29 is 0 Å². The average Bonchev–Trinajstić information content (AvgIpc) is 2.74. The van der Waals surface area contributed by atoms with Crippen LogP contribution < -0.4 is 0 Å². The summed E-state index contributed by atoms with van der Waals surface area (Å²) in [6.45, 7) is 2.31. The van der Waals surface area contributed by atoms with Gasteiger partial charge in [-0.25, -0.2) is 4.98 Å². The Balaban J connectivity index is 2.02. The van der Waals surface area contributed by atoms with Crippen molar-refractivity contribution in [1.82, 2.24) is 19.6 Å². The molecule has 17 heavy (non-hydrogen) atoms. The third kappa shape index (κ3) is 1.90. The molecule has 0 N–H and O–H groups in total. The predicted octanol–water partition coefficient (Wildman–Crippen LogP) is 3.07. The number of nitrogens with zero attached hydrogens (tertiary/aromatic N) is 4. The number of aromatic nitrogens is 4. The molecular weight excluding hydrogens is 236 g/mol. The fourth-order valence-corrected chi connectivity index (χ4v) is 2.95. The Hall–Kier alpha value is -1.16. The van der Waals surface area contributed by atoms with E-state index in [1.54, 1.807) is 6.20 Å². The molecule has 1 aliphatic carbocycles. The summed E-state index contributed by atoms with van der Waals surface area (Å²) in [7, 11) is 0. The molecule has 2 aromatic rings. The molecule has 0 radical (unpaired) electrons. The zero-order valence-electron chi connectivity index (χ0n) is 9.80. The lowest BCUT2D eigenvalue weighted by Crippen LogP contribution is -2.14. The zero-order valence-corrected chi connectivity index (χ0v) is 10.6. The summed E-state index contributed by atoms with van der Waals surface area (Å²) in [4.78, 5) is 4.02. The molecule has 0 aliphatic heterocycles. The van der Waals surface area contributed by atoms with E-state index in [-0.39, 0.29) is 0 Å². The monoisotopic (exact) mass is 250 g/mol. The lowest BCUT2D eigenvalue weighted by molar-refractivity contribution is 0.334. The van der Waals surface area contributed by atoms with Crippen LogP contribution in [0.2, 0.25) is 5.15 Å². The molecule has 1 aliphatic rings. The quantitative estimate of drug-likeness (QED) is 0.781. The Morgan fingerprint density at radius 2 is 2.24 bits per heavy atom. The van der Waals surface area contributed by atoms with Gasteiger partial charge in [0.15, 0.2) is 10.8 Å². The summed E-state index contributed by atoms with van der Waals surface area (Å²) in [5.74, 6) is 2.32. The van der Waals surface area contributed by atoms with Crippen molar-refractivity contribution in [2.24, 2.45) is 5.92 Å². The number of fused-ring (bicyclic) bond motifs is 1. The van der Waals surface area contributed by atoms with Gasteiger partial charge in [0.2, 0.25) is 0 Å². The van der Waals surface area contributed by atoms with E-state index in [2.05, 4.69) is 22.1 Å². The molecule has 0 amide bonds. The highest BCUT2D eigenvalue weighted by molar-refractivity contribution is 6.32. The van der Waals surface area contributed by atoms with Crippen LogP contribution in [0.1, 0.15) is 44.3 Å². The average molecular weight is 251 g/mol. The van der Waals surface area contributed by atoms with Crippen LogP contribution in [0.5, 0.6) is 0 Å². The molecule has 0 bridgehead atoms. The Labute approximate surface area is 105 Å². The van der Waals surface area contributed by atoms with Gasteiger partial charge in [-0.2, -0.15) is 0 Å². The molecule has 0 aromatic carbocycles.